The first kappa shape index (κ1) is 35.0. The average molecular weight is 716 g/mol. The second-order valence-corrected chi connectivity index (χ2v) is 15.7. The fourth-order valence-corrected chi connectivity index (χ4v) is 8.76. The number of pyridine rings is 1. The van der Waals surface area contributed by atoms with Crippen LogP contribution in [0.1, 0.15) is 60.9 Å². The maximum atomic E-state index is 13.9. The molecule has 3 aromatic heterocycles. The Morgan fingerprint density at radius 1 is 1.06 bits per heavy atom. The molecule has 2 saturated heterocycles. The number of amides is 2. The van der Waals surface area contributed by atoms with Gasteiger partial charge in [0, 0.05) is 86.7 Å². The number of rotatable bonds is 8. The Bertz CT molecular complexity index is 2070. The molecule has 1 atom stereocenters. The molecule has 12 nitrogen and oxygen atoms in total. The maximum Gasteiger partial charge on any atom is 0.276 e. The summed E-state index contributed by atoms with van der Waals surface area (Å²) in [7, 11) is 0. The Balaban J connectivity index is 1.01. The minimum Gasteiger partial charge on any atom is -0.381 e. The smallest absolute Gasteiger partial charge is 0.276 e. The number of hydrogen-bond donors (Lipinski definition) is 2. The van der Waals surface area contributed by atoms with Gasteiger partial charge in [-0.25, -0.2) is 9.97 Å². The summed E-state index contributed by atoms with van der Waals surface area (Å²) in [6, 6.07) is 10.8. The average Bonchev–Trinajstić information content (AvgIpc) is 3.65. The number of fused-ring (bicyclic) bond motifs is 3. The second-order valence-electron chi connectivity index (χ2n) is 15.7. The lowest BCUT2D eigenvalue weighted by molar-refractivity contribution is -0.111. The normalized spacial score (nSPS) is 20.2. The number of carbonyl (C=O) groups is 2. The molecule has 3 aliphatic heterocycles. The molecule has 0 saturated carbocycles. The molecule has 1 aromatic carbocycles. The Kier molecular flexibility index (Phi) is 9.28. The highest BCUT2D eigenvalue weighted by molar-refractivity contribution is 6.06. The summed E-state index contributed by atoms with van der Waals surface area (Å²) in [5.41, 5.74) is 8.40. The zero-order chi connectivity index (χ0) is 36.9. The Hall–Kier alpha value is -5.07. The van der Waals surface area contributed by atoms with E-state index in [-0.39, 0.29) is 23.3 Å². The molecule has 12 heteroatoms. The number of hydrogen-bond acceptors (Lipinski definition) is 9. The van der Waals surface area contributed by atoms with E-state index >= 15 is 0 Å². The van der Waals surface area contributed by atoms with Gasteiger partial charge in [-0.3, -0.25) is 24.4 Å². The van der Waals surface area contributed by atoms with Crippen molar-refractivity contribution in [2.24, 2.45) is 5.41 Å². The number of ether oxygens (including phenoxy) is 1. The van der Waals surface area contributed by atoms with E-state index in [1.165, 1.54) is 17.3 Å². The van der Waals surface area contributed by atoms with Gasteiger partial charge in [0.1, 0.15) is 17.3 Å². The summed E-state index contributed by atoms with van der Waals surface area (Å²) < 4.78 is 7.82. The van der Waals surface area contributed by atoms with Crippen LogP contribution in [-0.4, -0.2) is 87.7 Å². The SMILES string of the molecule is C=CC(=O)Nc1cc(Nc2cncc(-c3ccnc(N4CCn5c(cc6c5CC(C)(C)C6)C4=O)c3C)n2)ccc1N1CCN(C2CCOCC2)C[C@@H]1C. The van der Waals surface area contributed by atoms with E-state index in [9.17, 15) is 9.59 Å². The highest BCUT2D eigenvalue weighted by Crippen LogP contribution is 2.40. The molecule has 1 aliphatic carbocycles. The van der Waals surface area contributed by atoms with Gasteiger partial charge in [0.2, 0.25) is 5.91 Å². The van der Waals surface area contributed by atoms with Gasteiger partial charge in [0.15, 0.2) is 0 Å². The van der Waals surface area contributed by atoms with Crippen LogP contribution in [0.4, 0.5) is 28.7 Å². The van der Waals surface area contributed by atoms with Crippen LogP contribution in [0.25, 0.3) is 11.3 Å². The minimum atomic E-state index is -0.268. The number of anilines is 5. The van der Waals surface area contributed by atoms with Gasteiger partial charge in [-0.05, 0) is 86.9 Å². The monoisotopic (exact) mass is 715 g/mol. The number of benzene rings is 1. The summed E-state index contributed by atoms with van der Waals surface area (Å²) in [6.07, 6.45) is 10.6. The Labute approximate surface area is 311 Å². The molecule has 0 radical (unpaired) electrons. The third kappa shape index (κ3) is 6.81. The van der Waals surface area contributed by atoms with Crippen LogP contribution in [0.2, 0.25) is 0 Å². The minimum absolute atomic E-state index is 0.0175. The Morgan fingerprint density at radius 2 is 1.89 bits per heavy atom. The number of aromatic nitrogens is 4. The summed E-state index contributed by atoms with van der Waals surface area (Å²) in [5, 5.41) is 6.44. The van der Waals surface area contributed by atoms with E-state index in [1.807, 2.05) is 25.1 Å². The van der Waals surface area contributed by atoms with Crippen LogP contribution in [-0.2, 0) is 28.9 Å². The highest BCUT2D eigenvalue weighted by atomic mass is 16.5. The van der Waals surface area contributed by atoms with E-state index in [2.05, 4.69) is 74.5 Å². The molecule has 2 fully saturated rings. The first-order chi connectivity index (χ1) is 25.6. The number of piperazine rings is 1. The van der Waals surface area contributed by atoms with Crippen molar-refractivity contribution in [2.45, 2.75) is 72.0 Å². The molecule has 0 unspecified atom stereocenters. The number of nitrogens with zero attached hydrogens (tertiary/aromatic N) is 7. The summed E-state index contributed by atoms with van der Waals surface area (Å²) in [6.45, 7) is 18.2. The zero-order valence-electron chi connectivity index (χ0n) is 31.2. The lowest BCUT2D eigenvalue weighted by Crippen LogP contribution is -2.56. The van der Waals surface area contributed by atoms with Crippen molar-refractivity contribution in [2.75, 3.05) is 59.8 Å². The molecule has 4 aliphatic rings. The molecule has 53 heavy (non-hydrogen) atoms. The summed E-state index contributed by atoms with van der Waals surface area (Å²) in [4.78, 5) is 47.4. The van der Waals surface area contributed by atoms with Crippen LogP contribution in [0.5, 0.6) is 0 Å². The molecular formula is C41H49N9O3. The van der Waals surface area contributed by atoms with E-state index in [0.717, 1.165) is 93.3 Å². The first-order valence-electron chi connectivity index (χ1n) is 18.8. The van der Waals surface area contributed by atoms with E-state index < -0.39 is 0 Å². The largest absolute Gasteiger partial charge is 0.381 e. The predicted molar refractivity (Wildman–Crippen MR) is 208 cm³/mol. The van der Waals surface area contributed by atoms with Crippen molar-refractivity contribution < 1.29 is 14.3 Å². The predicted octanol–water partition coefficient (Wildman–Crippen LogP) is 5.99. The molecule has 4 aromatic rings. The third-order valence-electron chi connectivity index (χ3n) is 11.4. The van der Waals surface area contributed by atoms with Crippen molar-refractivity contribution in [1.29, 1.82) is 0 Å². The fraction of sp³-hybridized carbons (Fsp3) is 0.439. The molecule has 2 amide bonds. The van der Waals surface area contributed by atoms with Gasteiger partial charge in [0.25, 0.3) is 5.91 Å². The number of carbonyl (C=O) groups excluding carboxylic acids is 2. The van der Waals surface area contributed by atoms with Gasteiger partial charge in [-0.1, -0.05) is 20.4 Å². The van der Waals surface area contributed by atoms with E-state index in [4.69, 9.17) is 9.72 Å². The van der Waals surface area contributed by atoms with Gasteiger partial charge in [0.05, 0.1) is 29.5 Å². The molecular weight excluding hydrogens is 667 g/mol. The van der Waals surface area contributed by atoms with Crippen molar-refractivity contribution in [3.63, 3.8) is 0 Å². The van der Waals surface area contributed by atoms with E-state index in [0.29, 0.717) is 35.6 Å². The highest BCUT2D eigenvalue weighted by Gasteiger charge is 2.37. The van der Waals surface area contributed by atoms with Gasteiger partial charge in [-0.15, -0.1) is 0 Å². The van der Waals surface area contributed by atoms with Crippen molar-refractivity contribution in [3.8, 4) is 11.3 Å². The van der Waals surface area contributed by atoms with Crippen molar-refractivity contribution >= 4 is 40.5 Å². The quantitative estimate of drug-likeness (QED) is 0.212. The number of nitrogens with one attached hydrogen (secondary N) is 2. The molecule has 0 bridgehead atoms. The molecule has 0 spiro atoms. The standard InChI is InChI=1S/C41H49N9O3/c1-6-38(51)46-32-20-29(7-8-34(32)48-14-13-47(25-26(48)2)30-10-17-53-18-11-30)44-37-24-42-23-33(45-37)31-9-12-43-39(27(31)3)50-16-15-49-35(40(50)52)19-28-21-41(4,5)22-36(28)49/h6-9,12,19-20,23-24,26,30H,1,10-11,13-18,21-22,25H2,2-5H3,(H,44,45)(H,46,51)/t26-/m0/s1. The zero-order valence-corrected chi connectivity index (χ0v) is 31.2. The van der Waals surface area contributed by atoms with Crippen LogP contribution >= 0.6 is 0 Å². The molecule has 276 valence electrons. The van der Waals surface area contributed by atoms with Gasteiger partial charge < -0.3 is 24.8 Å². The third-order valence-corrected chi connectivity index (χ3v) is 11.4. The summed E-state index contributed by atoms with van der Waals surface area (Å²) in [5.74, 6) is 0.908. The maximum absolute atomic E-state index is 13.9. The van der Waals surface area contributed by atoms with Crippen molar-refractivity contribution in [1.82, 2.24) is 24.4 Å². The fourth-order valence-electron chi connectivity index (χ4n) is 8.76. The molecule has 2 N–H and O–H groups in total. The molecule has 8 rings (SSSR count). The van der Waals surface area contributed by atoms with E-state index in [1.54, 1.807) is 23.5 Å². The molecule has 6 heterocycles. The first-order valence-corrected chi connectivity index (χ1v) is 18.8. The lowest BCUT2D eigenvalue weighted by atomic mass is 9.90. The van der Waals surface area contributed by atoms with Crippen LogP contribution < -0.4 is 20.4 Å². The second kappa shape index (κ2) is 14.1. The van der Waals surface area contributed by atoms with Gasteiger partial charge >= 0.3 is 0 Å². The summed E-state index contributed by atoms with van der Waals surface area (Å²) >= 11 is 0. The Morgan fingerprint density at radius 3 is 2.68 bits per heavy atom. The van der Waals surface area contributed by atoms with Crippen LogP contribution in [0.15, 0.2) is 61.6 Å². The topological polar surface area (TPSA) is 121 Å². The van der Waals surface area contributed by atoms with Gasteiger partial charge in [-0.2, -0.15) is 0 Å². The van der Waals surface area contributed by atoms with Crippen LogP contribution in [0.3, 0.4) is 0 Å². The van der Waals surface area contributed by atoms with Crippen molar-refractivity contribution in [3.05, 3.63) is 84.1 Å². The van der Waals surface area contributed by atoms with Crippen LogP contribution in [0, 0.1) is 12.3 Å². The lowest BCUT2D eigenvalue weighted by Gasteiger charge is -2.45.